The van der Waals surface area contributed by atoms with Crippen LogP contribution in [0, 0.1) is 6.92 Å². The standard InChI is InChI=1S/C26H36N6O/c1-20-18-31(14-15-33-20)19-23-9-6-8-22(16-23)17-29-26(27-3)28-12-7-13-32-21(2)30-24-10-4-5-11-25(24)32/h4-6,8-11,16,20H,7,12-15,17-19H2,1-3H3,(H2,27,28,29). The predicted octanol–water partition coefficient (Wildman–Crippen LogP) is 3.32. The number of fused-ring (bicyclic) bond motifs is 1. The molecule has 7 nitrogen and oxygen atoms in total. The summed E-state index contributed by atoms with van der Waals surface area (Å²) in [7, 11) is 1.82. The summed E-state index contributed by atoms with van der Waals surface area (Å²) in [5.74, 6) is 1.89. The Morgan fingerprint density at radius 1 is 1.15 bits per heavy atom. The maximum Gasteiger partial charge on any atom is 0.191 e. The first-order valence-electron chi connectivity index (χ1n) is 11.9. The highest BCUT2D eigenvalue weighted by molar-refractivity contribution is 5.79. The van der Waals surface area contributed by atoms with Crippen LogP contribution in [0.4, 0.5) is 0 Å². The zero-order chi connectivity index (χ0) is 23.0. The van der Waals surface area contributed by atoms with Gasteiger partial charge in [-0.2, -0.15) is 0 Å². The Bertz CT molecular complexity index is 1080. The molecule has 1 aromatic heterocycles. The number of aromatic nitrogens is 2. The number of rotatable bonds is 8. The summed E-state index contributed by atoms with van der Waals surface area (Å²) in [5, 5.41) is 6.88. The molecule has 2 aromatic carbocycles. The van der Waals surface area contributed by atoms with Crippen molar-refractivity contribution in [1.82, 2.24) is 25.1 Å². The molecule has 7 heteroatoms. The highest BCUT2D eigenvalue weighted by Crippen LogP contribution is 2.16. The predicted molar refractivity (Wildman–Crippen MR) is 134 cm³/mol. The van der Waals surface area contributed by atoms with Gasteiger partial charge in [-0.05, 0) is 43.5 Å². The number of nitrogens with zero attached hydrogens (tertiary/aromatic N) is 4. The molecule has 4 rings (SSSR count). The topological polar surface area (TPSA) is 66.7 Å². The van der Waals surface area contributed by atoms with Gasteiger partial charge in [-0.1, -0.05) is 36.4 Å². The number of morpholine rings is 1. The molecule has 3 aromatic rings. The zero-order valence-electron chi connectivity index (χ0n) is 20.1. The average molecular weight is 449 g/mol. The number of ether oxygens (including phenoxy) is 1. The van der Waals surface area contributed by atoms with Gasteiger partial charge in [0.1, 0.15) is 5.82 Å². The second-order valence-electron chi connectivity index (χ2n) is 8.74. The first kappa shape index (κ1) is 23.3. The fourth-order valence-corrected chi connectivity index (χ4v) is 4.46. The molecule has 2 N–H and O–H groups in total. The highest BCUT2D eigenvalue weighted by atomic mass is 16.5. The van der Waals surface area contributed by atoms with Crippen molar-refractivity contribution in [3.63, 3.8) is 0 Å². The monoisotopic (exact) mass is 448 g/mol. The van der Waals surface area contributed by atoms with E-state index in [0.717, 1.165) is 69.6 Å². The van der Waals surface area contributed by atoms with Gasteiger partial charge in [-0.3, -0.25) is 9.89 Å². The van der Waals surface area contributed by atoms with E-state index in [1.807, 2.05) is 13.1 Å². The number of hydrogen-bond acceptors (Lipinski definition) is 4. The van der Waals surface area contributed by atoms with Crippen LogP contribution in [0.1, 0.15) is 30.3 Å². The van der Waals surface area contributed by atoms with Crippen molar-refractivity contribution in [2.45, 2.75) is 46.0 Å². The molecule has 1 atom stereocenters. The van der Waals surface area contributed by atoms with E-state index in [1.54, 1.807) is 0 Å². The largest absolute Gasteiger partial charge is 0.376 e. The summed E-state index contributed by atoms with van der Waals surface area (Å²) in [6.07, 6.45) is 1.31. The van der Waals surface area contributed by atoms with Crippen LogP contribution in [0.15, 0.2) is 53.5 Å². The molecule has 0 aliphatic carbocycles. The maximum atomic E-state index is 5.66. The average Bonchev–Trinajstić information content (AvgIpc) is 3.14. The molecule has 0 amide bonds. The minimum atomic E-state index is 0.314. The van der Waals surface area contributed by atoms with Gasteiger partial charge in [0.2, 0.25) is 0 Å². The SMILES string of the molecule is CN=C(NCCCn1c(C)nc2ccccc21)NCc1cccc(CN2CCOC(C)C2)c1. The molecule has 1 unspecified atom stereocenters. The number of aryl methyl sites for hydroxylation is 2. The van der Waals surface area contributed by atoms with Crippen LogP contribution >= 0.6 is 0 Å². The first-order chi connectivity index (χ1) is 16.1. The molecule has 0 radical (unpaired) electrons. The Hall–Kier alpha value is -2.90. The summed E-state index contributed by atoms with van der Waals surface area (Å²) in [6, 6.07) is 17.1. The molecule has 1 aliphatic heterocycles. The lowest BCUT2D eigenvalue weighted by Crippen LogP contribution is -2.40. The van der Waals surface area contributed by atoms with Crippen LogP contribution in [0.3, 0.4) is 0 Å². The second kappa shape index (κ2) is 11.3. The molecular weight excluding hydrogens is 412 g/mol. The number of aliphatic imine (C=N–C) groups is 1. The van der Waals surface area contributed by atoms with Crippen molar-refractivity contribution in [3.05, 3.63) is 65.5 Å². The van der Waals surface area contributed by atoms with Crippen molar-refractivity contribution in [3.8, 4) is 0 Å². The van der Waals surface area contributed by atoms with Crippen LogP contribution in [-0.2, 0) is 24.4 Å². The number of benzene rings is 2. The van der Waals surface area contributed by atoms with E-state index in [4.69, 9.17) is 4.74 Å². The van der Waals surface area contributed by atoms with Gasteiger partial charge < -0.3 is 19.9 Å². The quantitative estimate of drug-likeness (QED) is 0.314. The Labute approximate surface area is 196 Å². The summed E-state index contributed by atoms with van der Waals surface area (Å²) >= 11 is 0. The lowest BCUT2D eigenvalue weighted by Gasteiger charge is -2.31. The smallest absolute Gasteiger partial charge is 0.191 e. The van der Waals surface area contributed by atoms with Gasteiger partial charge in [0.25, 0.3) is 0 Å². The molecule has 0 saturated carbocycles. The number of nitrogens with one attached hydrogen (secondary N) is 2. The minimum absolute atomic E-state index is 0.314. The minimum Gasteiger partial charge on any atom is -0.376 e. The van der Waals surface area contributed by atoms with Crippen LogP contribution in [0.5, 0.6) is 0 Å². The highest BCUT2D eigenvalue weighted by Gasteiger charge is 2.16. The second-order valence-corrected chi connectivity index (χ2v) is 8.74. The molecule has 0 bridgehead atoms. The Kier molecular flexibility index (Phi) is 7.96. The van der Waals surface area contributed by atoms with Crippen molar-refractivity contribution < 1.29 is 4.74 Å². The lowest BCUT2D eigenvalue weighted by molar-refractivity contribution is -0.0212. The van der Waals surface area contributed by atoms with Crippen molar-refractivity contribution >= 4 is 17.0 Å². The number of hydrogen-bond donors (Lipinski definition) is 2. The summed E-state index contributed by atoms with van der Waals surface area (Å²) in [6.45, 7) is 10.5. The lowest BCUT2D eigenvalue weighted by atomic mass is 10.1. The van der Waals surface area contributed by atoms with E-state index < -0.39 is 0 Å². The molecule has 1 fully saturated rings. The van der Waals surface area contributed by atoms with Gasteiger partial charge in [-0.15, -0.1) is 0 Å². The van der Waals surface area contributed by atoms with E-state index in [1.165, 1.54) is 16.6 Å². The van der Waals surface area contributed by atoms with E-state index in [-0.39, 0.29) is 0 Å². The third kappa shape index (κ3) is 6.33. The van der Waals surface area contributed by atoms with Gasteiger partial charge in [-0.25, -0.2) is 4.98 Å². The van der Waals surface area contributed by atoms with Crippen LogP contribution in [0.2, 0.25) is 0 Å². The molecule has 1 aliphatic rings. The molecule has 0 spiro atoms. The molecule has 1 saturated heterocycles. The Morgan fingerprint density at radius 2 is 2.00 bits per heavy atom. The number of imidazole rings is 1. The number of para-hydroxylation sites is 2. The van der Waals surface area contributed by atoms with Crippen LogP contribution in [0.25, 0.3) is 11.0 Å². The van der Waals surface area contributed by atoms with E-state index in [0.29, 0.717) is 6.10 Å². The van der Waals surface area contributed by atoms with Gasteiger partial charge in [0.15, 0.2) is 5.96 Å². The maximum absolute atomic E-state index is 5.66. The molecule has 33 heavy (non-hydrogen) atoms. The Balaban J connectivity index is 1.23. The first-order valence-corrected chi connectivity index (χ1v) is 11.9. The van der Waals surface area contributed by atoms with Crippen molar-refractivity contribution in [2.75, 3.05) is 33.3 Å². The molecule has 176 valence electrons. The fourth-order valence-electron chi connectivity index (χ4n) is 4.46. The molecular formula is C26H36N6O. The summed E-state index contributed by atoms with van der Waals surface area (Å²) < 4.78 is 7.94. The molecule has 2 heterocycles. The van der Waals surface area contributed by atoms with E-state index in [9.17, 15) is 0 Å². The zero-order valence-corrected chi connectivity index (χ0v) is 20.1. The summed E-state index contributed by atoms with van der Waals surface area (Å²) in [5.41, 5.74) is 4.86. The fraction of sp³-hybridized carbons (Fsp3) is 0.462. The Morgan fingerprint density at radius 3 is 2.85 bits per heavy atom. The third-order valence-corrected chi connectivity index (χ3v) is 6.10. The van der Waals surface area contributed by atoms with Crippen molar-refractivity contribution in [2.24, 2.45) is 4.99 Å². The van der Waals surface area contributed by atoms with E-state index >= 15 is 0 Å². The van der Waals surface area contributed by atoms with Crippen molar-refractivity contribution in [1.29, 1.82) is 0 Å². The third-order valence-electron chi connectivity index (χ3n) is 6.10. The normalized spacial score (nSPS) is 17.4. The van der Waals surface area contributed by atoms with Crippen LogP contribution < -0.4 is 10.6 Å². The summed E-state index contributed by atoms with van der Waals surface area (Å²) in [4.78, 5) is 11.5. The van der Waals surface area contributed by atoms with Gasteiger partial charge in [0, 0.05) is 46.3 Å². The number of guanidine groups is 1. The van der Waals surface area contributed by atoms with Gasteiger partial charge >= 0.3 is 0 Å². The van der Waals surface area contributed by atoms with Crippen LogP contribution in [-0.4, -0.2) is 59.8 Å². The van der Waals surface area contributed by atoms with Gasteiger partial charge in [0.05, 0.1) is 23.7 Å². The van der Waals surface area contributed by atoms with E-state index in [2.05, 4.69) is 86.4 Å².